The molecule has 3 aromatic rings. The standard InChI is InChI=1S/C24H27N5O3/c1-16-8-9-21(17(2)14-16)29-25-18(3)22(26-29)24(31)28-12-10-27(11-13-28)23(30)19-6-5-7-20(15-19)32-4/h5-9,14-15H,10-13H2,1-4H3. The highest BCUT2D eigenvalue weighted by Crippen LogP contribution is 2.18. The summed E-state index contributed by atoms with van der Waals surface area (Å²) in [5, 5.41) is 8.95. The van der Waals surface area contributed by atoms with Gasteiger partial charge in [-0.05, 0) is 50.6 Å². The Kier molecular flexibility index (Phi) is 5.94. The van der Waals surface area contributed by atoms with Gasteiger partial charge in [-0.3, -0.25) is 9.59 Å². The minimum absolute atomic E-state index is 0.0621. The van der Waals surface area contributed by atoms with E-state index < -0.39 is 0 Å². The number of hydrogen-bond donors (Lipinski definition) is 0. The van der Waals surface area contributed by atoms with Crippen LogP contribution in [0.1, 0.15) is 37.7 Å². The van der Waals surface area contributed by atoms with Gasteiger partial charge in [0.1, 0.15) is 5.75 Å². The van der Waals surface area contributed by atoms with E-state index in [2.05, 4.69) is 16.3 Å². The minimum atomic E-state index is -0.160. The molecule has 0 atom stereocenters. The number of aromatic nitrogens is 3. The van der Waals surface area contributed by atoms with Crippen molar-refractivity contribution in [1.82, 2.24) is 24.8 Å². The molecule has 8 nitrogen and oxygen atoms in total. The van der Waals surface area contributed by atoms with Crippen LogP contribution < -0.4 is 4.74 Å². The van der Waals surface area contributed by atoms with E-state index in [4.69, 9.17) is 4.74 Å². The summed E-state index contributed by atoms with van der Waals surface area (Å²) in [4.78, 5) is 31.0. The maximum Gasteiger partial charge on any atom is 0.276 e. The SMILES string of the molecule is COc1cccc(C(=O)N2CCN(C(=O)c3nn(-c4ccc(C)cc4C)nc3C)CC2)c1. The maximum atomic E-state index is 13.1. The summed E-state index contributed by atoms with van der Waals surface area (Å²) in [6, 6.07) is 13.1. The Hall–Kier alpha value is -3.68. The first-order valence-corrected chi connectivity index (χ1v) is 10.6. The van der Waals surface area contributed by atoms with E-state index in [0.29, 0.717) is 48.9 Å². The minimum Gasteiger partial charge on any atom is -0.497 e. The van der Waals surface area contributed by atoms with E-state index in [9.17, 15) is 9.59 Å². The van der Waals surface area contributed by atoms with Gasteiger partial charge in [0, 0.05) is 31.7 Å². The van der Waals surface area contributed by atoms with Gasteiger partial charge >= 0.3 is 0 Å². The molecule has 0 N–H and O–H groups in total. The molecule has 8 heteroatoms. The second-order valence-corrected chi connectivity index (χ2v) is 8.03. The quantitative estimate of drug-likeness (QED) is 0.632. The van der Waals surface area contributed by atoms with E-state index in [1.165, 1.54) is 4.80 Å². The van der Waals surface area contributed by atoms with E-state index in [1.54, 1.807) is 48.1 Å². The lowest BCUT2D eigenvalue weighted by Crippen LogP contribution is -2.50. The fourth-order valence-corrected chi connectivity index (χ4v) is 3.92. The smallest absolute Gasteiger partial charge is 0.276 e. The summed E-state index contributed by atoms with van der Waals surface area (Å²) in [5.41, 5.74) is 4.57. The van der Waals surface area contributed by atoms with Gasteiger partial charge in [-0.2, -0.15) is 9.90 Å². The van der Waals surface area contributed by atoms with Crippen molar-refractivity contribution < 1.29 is 14.3 Å². The molecule has 2 heterocycles. The molecule has 0 bridgehead atoms. The van der Waals surface area contributed by atoms with Gasteiger partial charge in [0.05, 0.1) is 18.5 Å². The number of aryl methyl sites for hydroxylation is 3. The molecule has 0 unspecified atom stereocenters. The van der Waals surface area contributed by atoms with Crippen LogP contribution >= 0.6 is 0 Å². The normalized spacial score (nSPS) is 13.9. The molecule has 1 aliphatic heterocycles. The zero-order chi connectivity index (χ0) is 22.8. The van der Waals surface area contributed by atoms with Crippen LogP contribution in [-0.4, -0.2) is 69.9 Å². The molecular weight excluding hydrogens is 406 g/mol. The van der Waals surface area contributed by atoms with Gasteiger partial charge in [-0.25, -0.2) is 0 Å². The summed E-state index contributed by atoms with van der Waals surface area (Å²) in [5.74, 6) is 0.423. The Morgan fingerprint density at radius 1 is 0.875 bits per heavy atom. The Morgan fingerprint density at radius 3 is 2.22 bits per heavy atom. The van der Waals surface area contributed by atoms with Crippen LogP contribution in [0.3, 0.4) is 0 Å². The van der Waals surface area contributed by atoms with E-state index in [1.807, 2.05) is 26.0 Å². The molecule has 2 amide bonds. The largest absolute Gasteiger partial charge is 0.497 e. The number of hydrogen-bond acceptors (Lipinski definition) is 5. The third-order valence-electron chi connectivity index (χ3n) is 5.72. The molecule has 0 radical (unpaired) electrons. The molecule has 1 saturated heterocycles. The maximum absolute atomic E-state index is 13.1. The van der Waals surface area contributed by atoms with Crippen molar-refractivity contribution >= 4 is 11.8 Å². The molecule has 166 valence electrons. The number of piperazine rings is 1. The average molecular weight is 434 g/mol. The molecule has 1 aromatic heterocycles. The van der Waals surface area contributed by atoms with Crippen molar-refractivity contribution in [3.63, 3.8) is 0 Å². The lowest BCUT2D eigenvalue weighted by Gasteiger charge is -2.34. The van der Waals surface area contributed by atoms with Gasteiger partial charge in [0.2, 0.25) is 0 Å². The van der Waals surface area contributed by atoms with E-state index in [0.717, 1.165) is 16.8 Å². The molecule has 32 heavy (non-hydrogen) atoms. The van der Waals surface area contributed by atoms with E-state index >= 15 is 0 Å². The Morgan fingerprint density at radius 2 is 1.56 bits per heavy atom. The summed E-state index contributed by atoms with van der Waals surface area (Å²) in [6.45, 7) is 7.66. The predicted molar refractivity (Wildman–Crippen MR) is 120 cm³/mol. The van der Waals surface area contributed by atoms with Gasteiger partial charge in [-0.1, -0.05) is 23.8 Å². The van der Waals surface area contributed by atoms with Gasteiger partial charge in [0.15, 0.2) is 5.69 Å². The molecule has 2 aromatic carbocycles. The highest BCUT2D eigenvalue weighted by molar-refractivity contribution is 5.95. The number of carbonyl (C=O) groups is 2. The lowest BCUT2D eigenvalue weighted by atomic mass is 10.1. The third-order valence-corrected chi connectivity index (χ3v) is 5.72. The Bertz CT molecular complexity index is 1160. The van der Waals surface area contributed by atoms with Crippen LogP contribution in [0.4, 0.5) is 0 Å². The number of benzene rings is 2. The average Bonchev–Trinajstić information content (AvgIpc) is 3.19. The lowest BCUT2D eigenvalue weighted by molar-refractivity contribution is 0.0531. The molecule has 0 saturated carbocycles. The Labute approximate surface area is 187 Å². The predicted octanol–water partition coefficient (Wildman–Crippen LogP) is 2.80. The van der Waals surface area contributed by atoms with E-state index in [-0.39, 0.29) is 11.8 Å². The van der Waals surface area contributed by atoms with Crippen LogP contribution in [0.15, 0.2) is 42.5 Å². The number of methoxy groups -OCH3 is 1. The van der Waals surface area contributed by atoms with Crippen LogP contribution in [0.2, 0.25) is 0 Å². The van der Waals surface area contributed by atoms with Crippen LogP contribution in [0.5, 0.6) is 5.75 Å². The summed E-state index contributed by atoms with van der Waals surface area (Å²) >= 11 is 0. The summed E-state index contributed by atoms with van der Waals surface area (Å²) in [7, 11) is 1.58. The molecule has 1 fully saturated rings. The van der Waals surface area contributed by atoms with Crippen molar-refractivity contribution in [2.45, 2.75) is 20.8 Å². The zero-order valence-corrected chi connectivity index (χ0v) is 18.8. The second kappa shape index (κ2) is 8.82. The van der Waals surface area contributed by atoms with Crippen LogP contribution in [-0.2, 0) is 0 Å². The summed E-state index contributed by atoms with van der Waals surface area (Å²) in [6.07, 6.45) is 0. The number of rotatable bonds is 4. The van der Waals surface area contributed by atoms with Crippen molar-refractivity contribution in [2.75, 3.05) is 33.3 Å². The van der Waals surface area contributed by atoms with Crippen LogP contribution in [0, 0.1) is 20.8 Å². The third kappa shape index (κ3) is 4.21. The van der Waals surface area contributed by atoms with Crippen molar-refractivity contribution in [3.8, 4) is 11.4 Å². The van der Waals surface area contributed by atoms with Crippen molar-refractivity contribution in [2.24, 2.45) is 0 Å². The number of amides is 2. The fraction of sp³-hybridized carbons (Fsp3) is 0.333. The highest BCUT2D eigenvalue weighted by atomic mass is 16.5. The highest BCUT2D eigenvalue weighted by Gasteiger charge is 2.28. The van der Waals surface area contributed by atoms with Crippen LogP contribution in [0.25, 0.3) is 5.69 Å². The molecule has 0 spiro atoms. The number of ether oxygens (including phenoxy) is 1. The molecule has 4 rings (SSSR count). The Balaban J connectivity index is 1.44. The van der Waals surface area contributed by atoms with Crippen molar-refractivity contribution in [3.05, 3.63) is 70.5 Å². The zero-order valence-electron chi connectivity index (χ0n) is 18.8. The first-order valence-electron chi connectivity index (χ1n) is 10.6. The van der Waals surface area contributed by atoms with Gasteiger partial charge in [-0.15, -0.1) is 5.10 Å². The number of carbonyl (C=O) groups excluding carboxylic acids is 2. The first kappa shape index (κ1) is 21.5. The second-order valence-electron chi connectivity index (χ2n) is 8.03. The topological polar surface area (TPSA) is 80.6 Å². The molecule has 0 aliphatic carbocycles. The van der Waals surface area contributed by atoms with Gasteiger partial charge in [0.25, 0.3) is 11.8 Å². The first-order chi connectivity index (χ1) is 15.4. The van der Waals surface area contributed by atoms with Gasteiger partial charge < -0.3 is 14.5 Å². The fourth-order valence-electron chi connectivity index (χ4n) is 3.92. The van der Waals surface area contributed by atoms with Crippen molar-refractivity contribution in [1.29, 1.82) is 0 Å². The molecule has 1 aliphatic rings. The monoisotopic (exact) mass is 433 g/mol. The summed E-state index contributed by atoms with van der Waals surface area (Å²) < 4.78 is 5.21. The molecular formula is C24H27N5O3. The number of nitrogens with zero attached hydrogens (tertiary/aromatic N) is 5.